The summed E-state index contributed by atoms with van der Waals surface area (Å²) in [6.45, 7) is 7.92. The van der Waals surface area contributed by atoms with E-state index in [9.17, 15) is 4.79 Å². The molecule has 0 aliphatic carbocycles. The molecule has 0 bridgehead atoms. The van der Waals surface area contributed by atoms with Gasteiger partial charge in [0.1, 0.15) is 0 Å². The Bertz CT molecular complexity index is 606. The van der Waals surface area contributed by atoms with E-state index in [1.165, 1.54) is 42.8 Å². The van der Waals surface area contributed by atoms with Gasteiger partial charge in [0, 0.05) is 31.1 Å². The molecule has 0 saturated carbocycles. The van der Waals surface area contributed by atoms with Gasteiger partial charge in [-0.2, -0.15) is 0 Å². The van der Waals surface area contributed by atoms with Crippen LogP contribution in [0.1, 0.15) is 49.0 Å². The van der Waals surface area contributed by atoms with E-state index in [2.05, 4.69) is 11.0 Å². The third-order valence-corrected chi connectivity index (χ3v) is 6.89. The molecular weight excluding hydrogens is 346 g/mol. The van der Waals surface area contributed by atoms with E-state index in [4.69, 9.17) is 4.74 Å². The molecule has 5 nitrogen and oxygen atoms in total. The van der Waals surface area contributed by atoms with Gasteiger partial charge in [0.2, 0.25) is 0 Å². The average molecular weight is 378 g/mol. The van der Waals surface area contributed by atoms with E-state index in [1.807, 2.05) is 9.80 Å². The number of thiophene rings is 1. The number of amides is 2. The highest BCUT2D eigenvalue weighted by Gasteiger charge is 2.27. The lowest BCUT2D eigenvalue weighted by Gasteiger charge is -2.34. The van der Waals surface area contributed by atoms with E-state index in [-0.39, 0.29) is 6.03 Å². The van der Waals surface area contributed by atoms with Crippen LogP contribution in [0, 0.1) is 0 Å². The second kappa shape index (κ2) is 8.61. The first kappa shape index (κ1) is 18.1. The Morgan fingerprint density at radius 2 is 1.77 bits per heavy atom. The van der Waals surface area contributed by atoms with E-state index in [0.29, 0.717) is 0 Å². The molecule has 0 aromatic carbocycles. The Labute approximate surface area is 160 Å². The van der Waals surface area contributed by atoms with Gasteiger partial charge in [0.25, 0.3) is 0 Å². The van der Waals surface area contributed by atoms with Gasteiger partial charge in [-0.15, -0.1) is 11.3 Å². The third kappa shape index (κ3) is 4.34. The highest BCUT2D eigenvalue weighted by atomic mass is 32.1. The summed E-state index contributed by atoms with van der Waals surface area (Å²) in [5, 5.41) is 1.03. The Kier molecular flexibility index (Phi) is 6.00. The Hall–Kier alpha value is -1.27. The van der Waals surface area contributed by atoms with Crippen LogP contribution < -0.4 is 4.74 Å². The lowest BCUT2D eigenvalue weighted by atomic mass is 10.1. The number of likely N-dealkylation sites (tertiary alicyclic amines) is 2. The Morgan fingerprint density at radius 3 is 2.58 bits per heavy atom. The minimum Gasteiger partial charge on any atom is -0.484 e. The maximum atomic E-state index is 12.7. The molecule has 0 N–H and O–H groups in total. The fraction of sp³-hybridized carbons (Fsp3) is 0.750. The van der Waals surface area contributed by atoms with Gasteiger partial charge in [-0.3, -0.25) is 0 Å². The highest BCUT2D eigenvalue weighted by Crippen LogP contribution is 2.34. The fourth-order valence-corrected chi connectivity index (χ4v) is 5.38. The molecule has 1 aromatic rings. The van der Waals surface area contributed by atoms with Crippen LogP contribution in [0.4, 0.5) is 4.79 Å². The largest absolute Gasteiger partial charge is 0.484 e. The van der Waals surface area contributed by atoms with Crippen molar-refractivity contribution in [3.63, 3.8) is 0 Å². The van der Waals surface area contributed by atoms with Crippen LogP contribution in [0.2, 0.25) is 0 Å². The number of hydrogen-bond donors (Lipinski definition) is 0. The van der Waals surface area contributed by atoms with Crippen molar-refractivity contribution in [2.45, 2.75) is 51.5 Å². The van der Waals surface area contributed by atoms with E-state index in [1.54, 1.807) is 11.3 Å². The van der Waals surface area contributed by atoms with Crippen LogP contribution in [0.15, 0.2) is 6.07 Å². The van der Waals surface area contributed by atoms with E-state index in [0.717, 1.165) is 70.1 Å². The number of urea groups is 1. The predicted octanol–water partition coefficient (Wildman–Crippen LogP) is 3.58. The number of carbonyl (C=O) groups is 1. The minimum absolute atomic E-state index is 0.233. The Morgan fingerprint density at radius 1 is 1.00 bits per heavy atom. The maximum absolute atomic E-state index is 12.7. The molecule has 0 spiro atoms. The van der Waals surface area contributed by atoms with E-state index < -0.39 is 0 Å². The third-order valence-electron chi connectivity index (χ3n) is 5.82. The number of nitrogens with zero attached hydrogens (tertiary/aromatic N) is 3. The van der Waals surface area contributed by atoms with Crippen LogP contribution in [0.25, 0.3) is 0 Å². The second-order valence-corrected chi connectivity index (χ2v) is 8.87. The number of ether oxygens (including phenoxy) is 1. The first-order chi connectivity index (χ1) is 12.8. The number of fused-ring (bicyclic) bond motifs is 1. The number of carbonyl (C=O) groups excluding carboxylic acids is 1. The minimum atomic E-state index is 0.233. The number of rotatable bonds is 5. The quantitative estimate of drug-likeness (QED) is 0.736. The summed E-state index contributed by atoms with van der Waals surface area (Å²) >= 11 is 1.74. The van der Waals surface area contributed by atoms with Gasteiger partial charge in [0.05, 0.1) is 13.2 Å². The lowest BCUT2D eigenvalue weighted by Crippen LogP contribution is -2.46. The first-order valence-electron chi connectivity index (χ1n) is 10.3. The molecule has 1 aromatic heterocycles. The predicted molar refractivity (Wildman–Crippen MR) is 105 cm³/mol. The van der Waals surface area contributed by atoms with Gasteiger partial charge in [0.15, 0.2) is 5.06 Å². The normalized spacial score (nSPS) is 21.1. The molecule has 26 heavy (non-hydrogen) atoms. The van der Waals surface area contributed by atoms with Crippen molar-refractivity contribution in [1.82, 2.24) is 14.7 Å². The molecule has 0 unspecified atom stereocenters. The summed E-state index contributed by atoms with van der Waals surface area (Å²) in [4.78, 5) is 20.6. The molecule has 3 aliphatic rings. The zero-order valence-corrected chi connectivity index (χ0v) is 16.6. The van der Waals surface area contributed by atoms with Crippen molar-refractivity contribution in [3.05, 3.63) is 16.5 Å². The van der Waals surface area contributed by atoms with Crippen LogP contribution >= 0.6 is 11.3 Å². The molecule has 2 fully saturated rings. The second-order valence-electron chi connectivity index (χ2n) is 7.77. The van der Waals surface area contributed by atoms with Crippen LogP contribution in [-0.2, 0) is 13.0 Å². The smallest absolute Gasteiger partial charge is 0.320 e. The van der Waals surface area contributed by atoms with Gasteiger partial charge in [-0.1, -0.05) is 0 Å². The van der Waals surface area contributed by atoms with Crippen molar-refractivity contribution in [3.8, 4) is 5.06 Å². The summed E-state index contributed by atoms with van der Waals surface area (Å²) in [7, 11) is 0. The van der Waals surface area contributed by atoms with Crippen LogP contribution in [0.3, 0.4) is 0 Å². The summed E-state index contributed by atoms with van der Waals surface area (Å²) in [6.07, 6.45) is 8.33. The molecule has 0 radical (unpaired) electrons. The lowest BCUT2D eigenvalue weighted by molar-refractivity contribution is 0.139. The monoisotopic (exact) mass is 377 g/mol. The fourth-order valence-electron chi connectivity index (χ4n) is 4.28. The van der Waals surface area contributed by atoms with Gasteiger partial charge in [-0.25, -0.2) is 4.79 Å². The molecule has 0 atom stereocenters. The summed E-state index contributed by atoms with van der Waals surface area (Å²) in [5.74, 6) is 0. The number of hydrogen-bond acceptors (Lipinski definition) is 4. The molecule has 2 saturated heterocycles. The van der Waals surface area contributed by atoms with Gasteiger partial charge >= 0.3 is 6.03 Å². The first-order valence-corrected chi connectivity index (χ1v) is 11.1. The van der Waals surface area contributed by atoms with Crippen molar-refractivity contribution in [1.29, 1.82) is 0 Å². The number of piperidine rings is 1. The van der Waals surface area contributed by atoms with Crippen LogP contribution in [0.5, 0.6) is 5.06 Å². The topological polar surface area (TPSA) is 36.0 Å². The molecule has 2 amide bonds. The van der Waals surface area contributed by atoms with Crippen molar-refractivity contribution in [2.24, 2.45) is 0 Å². The average Bonchev–Trinajstić information content (AvgIpc) is 3.34. The van der Waals surface area contributed by atoms with Gasteiger partial charge in [-0.05, 0) is 69.7 Å². The molecule has 4 rings (SSSR count). The molecule has 3 aliphatic heterocycles. The SMILES string of the molecule is O=C(N1CCCCC1)N1CCc2cc(OCCCN3CCCC3)sc2C1. The van der Waals surface area contributed by atoms with Crippen molar-refractivity contribution < 1.29 is 9.53 Å². The Balaban J connectivity index is 1.25. The molecule has 144 valence electrons. The van der Waals surface area contributed by atoms with Gasteiger partial charge < -0.3 is 19.4 Å². The molecular formula is C20H31N3O2S. The standard InChI is InChI=1S/C20H31N3O2S/c24-20(22-11-2-1-3-12-22)23-13-7-17-15-19(26-18(17)16-23)25-14-6-10-21-8-4-5-9-21/h15H,1-14,16H2. The summed E-state index contributed by atoms with van der Waals surface area (Å²) in [6, 6.07) is 2.44. The van der Waals surface area contributed by atoms with E-state index >= 15 is 0 Å². The maximum Gasteiger partial charge on any atom is 0.320 e. The highest BCUT2D eigenvalue weighted by molar-refractivity contribution is 7.14. The van der Waals surface area contributed by atoms with Crippen molar-refractivity contribution in [2.75, 3.05) is 45.9 Å². The zero-order valence-electron chi connectivity index (χ0n) is 15.8. The zero-order chi connectivity index (χ0) is 17.8. The summed E-state index contributed by atoms with van der Waals surface area (Å²) in [5.41, 5.74) is 1.38. The molecule has 4 heterocycles. The molecule has 6 heteroatoms. The van der Waals surface area contributed by atoms with Crippen LogP contribution in [-0.4, -0.2) is 66.6 Å². The van der Waals surface area contributed by atoms with Crippen molar-refractivity contribution >= 4 is 17.4 Å². The summed E-state index contributed by atoms with van der Waals surface area (Å²) < 4.78 is 6.01.